The van der Waals surface area contributed by atoms with Gasteiger partial charge in [0.2, 0.25) is 0 Å². The number of hydrogen-bond acceptors (Lipinski definition) is 2. The maximum absolute atomic E-state index is 5.96. The number of thioether (sulfide) groups is 1. The highest BCUT2D eigenvalue weighted by Gasteiger charge is 2.11. The molecule has 1 unspecified atom stereocenters. The minimum atomic E-state index is 0.349. The van der Waals surface area contributed by atoms with Crippen LogP contribution in [0.2, 0.25) is 5.02 Å². The van der Waals surface area contributed by atoms with Crippen LogP contribution in [-0.2, 0) is 6.42 Å². The number of rotatable bonds is 7. The summed E-state index contributed by atoms with van der Waals surface area (Å²) in [6, 6.07) is 17.4. The topological polar surface area (TPSA) is 12.0 Å². The first-order valence-corrected chi connectivity index (χ1v) is 8.95. The minimum Gasteiger partial charge on any atom is -0.310 e. The van der Waals surface area contributed by atoms with E-state index in [1.54, 1.807) is 11.8 Å². The molecule has 0 radical (unpaired) electrons. The zero-order valence-electron chi connectivity index (χ0n) is 12.6. The van der Waals surface area contributed by atoms with Crippen LogP contribution >= 0.6 is 23.4 Å². The normalized spacial score (nSPS) is 12.3. The van der Waals surface area contributed by atoms with Crippen LogP contribution in [-0.4, -0.2) is 12.8 Å². The Hall–Kier alpha value is -0.960. The molecular formula is C18H22ClNS. The quantitative estimate of drug-likeness (QED) is 0.691. The van der Waals surface area contributed by atoms with E-state index in [0.29, 0.717) is 6.04 Å². The van der Waals surface area contributed by atoms with E-state index < -0.39 is 0 Å². The van der Waals surface area contributed by atoms with Crippen molar-refractivity contribution in [3.05, 3.63) is 64.7 Å². The Bertz CT molecular complexity index is 536. The minimum absolute atomic E-state index is 0.349. The van der Waals surface area contributed by atoms with Crippen LogP contribution in [0.25, 0.3) is 0 Å². The first-order chi connectivity index (χ1) is 10.2. The van der Waals surface area contributed by atoms with Crippen molar-refractivity contribution in [2.75, 3.05) is 12.8 Å². The molecule has 1 N–H and O–H groups in total. The van der Waals surface area contributed by atoms with Crippen LogP contribution in [0.4, 0.5) is 0 Å². The molecule has 0 aromatic heterocycles. The average Bonchev–Trinajstić information content (AvgIpc) is 2.53. The summed E-state index contributed by atoms with van der Waals surface area (Å²) in [6.07, 6.45) is 4.23. The van der Waals surface area contributed by atoms with Crippen LogP contribution in [0.3, 0.4) is 0 Å². The van der Waals surface area contributed by atoms with Gasteiger partial charge in [0.1, 0.15) is 0 Å². The standard InChI is InChI=1S/C18H22ClNS/c1-3-12-20-18(13-14-4-8-16(19)9-5-14)15-6-10-17(21-2)11-7-15/h4-11,18,20H,3,12-13H2,1-2H3. The molecule has 0 spiro atoms. The van der Waals surface area contributed by atoms with Gasteiger partial charge in [-0.1, -0.05) is 42.8 Å². The monoisotopic (exact) mass is 319 g/mol. The van der Waals surface area contributed by atoms with E-state index in [0.717, 1.165) is 24.4 Å². The Labute approximate surface area is 137 Å². The van der Waals surface area contributed by atoms with Crippen LogP contribution in [0, 0.1) is 0 Å². The fourth-order valence-electron chi connectivity index (χ4n) is 2.32. The Balaban J connectivity index is 2.14. The average molecular weight is 320 g/mol. The number of nitrogens with one attached hydrogen (secondary N) is 1. The molecule has 0 amide bonds. The summed E-state index contributed by atoms with van der Waals surface area (Å²) < 4.78 is 0. The fraction of sp³-hybridized carbons (Fsp3) is 0.333. The van der Waals surface area contributed by atoms with Crippen LogP contribution in [0.5, 0.6) is 0 Å². The van der Waals surface area contributed by atoms with Gasteiger partial charge in [-0.2, -0.15) is 0 Å². The molecule has 0 aliphatic rings. The SMILES string of the molecule is CCCNC(Cc1ccc(Cl)cc1)c1ccc(SC)cc1. The molecule has 0 saturated heterocycles. The van der Waals surface area contributed by atoms with Crippen molar-refractivity contribution >= 4 is 23.4 Å². The van der Waals surface area contributed by atoms with Crippen LogP contribution in [0.1, 0.15) is 30.5 Å². The van der Waals surface area contributed by atoms with Gasteiger partial charge in [0.25, 0.3) is 0 Å². The molecule has 1 nitrogen and oxygen atoms in total. The molecule has 3 heteroatoms. The number of halogens is 1. The predicted molar refractivity (Wildman–Crippen MR) is 94.4 cm³/mol. The second-order valence-electron chi connectivity index (χ2n) is 5.11. The second kappa shape index (κ2) is 8.47. The van der Waals surface area contributed by atoms with Crippen LogP contribution < -0.4 is 5.32 Å². The van der Waals surface area contributed by atoms with Gasteiger partial charge in [-0.05, 0) is 61.0 Å². The molecule has 2 aromatic rings. The van der Waals surface area contributed by atoms with E-state index >= 15 is 0 Å². The van der Waals surface area contributed by atoms with Crippen molar-refractivity contribution in [3.8, 4) is 0 Å². The molecule has 0 heterocycles. The Kier molecular flexibility index (Phi) is 6.62. The van der Waals surface area contributed by atoms with Crippen molar-refractivity contribution in [1.82, 2.24) is 5.32 Å². The van der Waals surface area contributed by atoms with Gasteiger partial charge in [0.15, 0.2) is 0 Å². The summed E-state index contributed by atoms with van der Waals surface area (Å²) in [6.45, 7) is 3.23. The largest absolute Gasteiger partial charge is 0.310 e. The highest BCUT2D eigenvalue weighted by atomic mass is 35.5. The van der Waals surface area contributed by atoms with E-state index in [4.69, 9.17) is 11.6 Å². The van der Waals surface area contributed by atoms with Crippen molar-refractivity contribution in [2.45, 2.75) is 30.7 Å². The molecule has 2 rings (SSSR count). The molecule has 0 aliphatic heterocycles. The molecule has 21 heavy (non-hydrogen) atoms. The van der Waals surface area contributed by atoms with Crippen molar-refractivity contribution in [1.29, 1.82) is 0 Å². The molecule has 0 bridgehead atoms. The van der Waals surface area contributed by atoms with Gasteiger partial charge < -0.3 is 5.32 Å². The summed E-state index contributed by atoms with van der Waals surface area (Å²) in [5, 5.41) is 4.44. The maximum Gasteiger partial charge on any atom is 0.0406 e. The van der Waals surface area contributed by atoms with Crippen molar-refractivity contribution < 1.29 is 0 Å². The lowest BCUT2D eigenvalue weighted by atomic mass is 9.99. The smallest absolute Gasteiger partial charge is 0.0406 e. The second-order valence-corrected chi connectivity index (χ2v) is 6.43. The molecule has 112 valence electrons. The van der Waals surface area contributed by atoms with E-state index in [1.165, 1.54) is 16.0 Å². The molecule has 0 aliphatic carbocycles. The summed E-state index contributed by atoms with van der Waals surface area (Å²) in [5.41, 5.74) is 2.65. The van der Waals surface area contributed by atoms with Gasteiger partial charge in [-0.15, -0.1) is 11.8 Å². The lowest BCUT2D eigenvalue weighted by Gasteiger charge is -2.19. The summed E-state index contributed by atoms with van der Waals surface area (Å²) in [4.78, 5) is 1.31. The van der Waals surface area contributed by atoms with Crippen molar-refractivity contribution in [2.24, 2.45) is 0 Å². The Morgan fingerprint density at radius 2 is 1.71 bits per heavy atom. The lowest BCUT2D eigenvalue weighted by molar-refractivity contribution is 0.529. The van der Waals surface area contributed by atoms with E-state index in [2.05, 4.69) is 54.9 Å². The van der Waals surface area contributed by atoms with Gasteiger partial charge in [0, 0.05) is 16.0 Å². The fourth-order valence-corrected chi connectivity index (χ4v) is 2.85. The third-order valence-corrected chi connectivity index (χ3v) is 4.51. The first-order valence-electron chi connectivity index (χ1n) is 7.34. The Morgan fingerprint density at radius 1 is 1.05 bits per heavy atom. The highest BCUT2D eigenvalue weighted by Crippen LogP contribution is 2.23. The zero-order valence-corrected chi connectivity index (χ0v) is 14.2. The lowest BCUT2D eigenvalue weighted by Crippen LogP contribution is -2.24. The van der Waals surface area contributed by atoms with Gasteiger partial charge in [-0.3, -0.25) is 0 Å². The number of benzene rings is 2. The first kappa shape index (κ1) is 16.4. The van der Waals surface area contributed by atoms with Crippen molar-refractivity contribution in [3.63, 3.8) is 0 Å². The van der Waals surface area contributed by atoms with Gasteiger partial charge in [-0.25, -0.2) is 0 Å². The zero-order chi connectivity index (χ0) is 15.1. The van der Waals surface area contributed by atoms with E-state index in [-0.39, 0.29) is 0 Å². The molecule has 2 aromatic carbocycles. The van der Waals surface area contributed by atoms with E-state index in [1.807, 2.05) is 12.1 Å². The van der Waals surface area contributed by atoms with Gasteiger partial charge in [0.05, 0.1) is 0 Å². The molecular weight excluding hydrogens is 298 g/mol. The Morgan fingerprint density at radius 3 is 2.29 bits per heavy atom. The number of hydrogen-bond donors (Lipinski definition) is 1. The molecule has 0 saturated carbocycles. The molecule has 1 atom stereocenters. The van der Waals surface area contributed by atoms with E-state index in [9.17, 15) is 0 Å². The van der Waals surface area contributed by atoms with Crippen LogP contribution in [0.15, 0.2) is 53.4 Å². The highest BCUT2D eigenvalue weighted by molar-refractivity contribution is 7.98. The molecule has 0 fully saturated rings. The predicted octanol–water partition coefficient (Wildman–Crippen LogP) is 5.35. The van der Waals surface area contributed by atoms with Gasteiger partial charge >= 0.3 is 0 Å². The third-order valence-electron chi connectivity index (χ3n) is 3.51. The summed E-state index contributed by atoms with van der Waals surface area (Å²) >= 11 is 7.74. The maximum atomic E-state index is 5.96. The summed E-state index contributed by atoms with van der Waals surface area (Å²) in [7, 11) is 0. The summed E-state index contributed by atoms with van der Waals surface area (Å²) in [5.74, 6) is 0. The third kappa shape index (κ3) is 5.06.